The summed E-state index contributed by atoms with van der Waals surface area (Å²) in [5.74, 6) is 0.854. The molecular weight excluding hydrogens is 288 g/mol. The molecule has 0 bridgehead atoms. The second-order valence-electron chi connectivity index (χ2n) is 5.76. The maximum Gasteiger partial charge on any atom is 0.251 e. The van der Waals surface area contributed by atoms with Gasteiger partial charge >= 0.3 is 0 Å². The second-order valence-corrected chi connectivity index (χ2v) is 5.76. The molecule has 0 spiro atoms. The van der Waals surface area contributed by atoms with Crippen molar-refractivity contribution in [2.24, 2.45) is 0 Å². The molecule has 4 nitrogen and oxygen atoms in total. The van der Waals surface area contributed by atoms with Gasteiger partial charge in [-0.15, -0.1) is 0 Å². The number of hydrogen-bond donors (Lipinski definition) is 1. The Morgan fingerprint density at radius 1 is 1.13 bits per heavy atom. The quantitative estimate of drug-likeness (QED) is 0.891. The summed E-state index contributed by atoms with van der Waals surface area (Å²) in [7, 11) is 5.42. The Hall–Kier alpha value is -2.33. The van der Waals surface area contributed by atoms with Crippen molar-refractivity contribution in [3.05, 3.63) is 64.7 Å². The van der Waals surface area contributed by atoms with Gasteiger partial charge in [0.05, 0.1) is 7.11 Å². The van der Waals surface area contributed by atoms with E-state index in [1.807, 2.05) is 30.3 Å². The summed E-state index contributed by atoms with van der Waals surface area (Å²) in [5.41, 5.74) is 4.26. The molecule has 23 heavy (non-hydrogen) atoms. The molecule has 4 heteroatoms. The summed E-state index contributed by atoms with van der Waals surface area (Å²) in [6.45, 7) is 3.70. The Morgan fingerprint density at radius 3 is 2.43 bits per heavy atom. The topological polar surface area (TPSA) is 41.6 Å². The molecule has 0 saturated carbocycles. The summed E-state index contributed by atoms with van der Waals surface area (Å²) in [6, 6.07) is 13.9. The summed E-state index contributed by atoms with van der Waals surface area (Å²) < 4.78 is 5.43. The first kappa shape index (κ1) is 17.0. The Kier molecular flexibility index (Phi) is 5.77. The van der Waals surface area contributed by atoms with Crippen molar-refractivity contribution < 1.29 is 9.53 Å². The van der Waals surface area contributed by atoms with Gasteiger partial charge in [0, 0.05) is 31.3 Å². The van der Waals surface area contributed by atoms with E-state index in [1.54, 1.807) is 14.2 Å². The van der Waals surface area contributed by atoms with Gasteiger partial charge in [0.15, 0.2) is 0 Å². The first-order valence-corrected chi connectivity index (χ1v) is 7.66. The first-order valence-electron chi connectivity index (χ1n) is 7.66. The number of nitrogens with zero attached hydrogens (tertiary/aromatic N) is 1. The summed E-state index contributed by atoms with van der Waals surface area (Å²) >= 11 is 0. The highest BCUT2D eigenvalue weighted by Gasteiger charge is 2.08. The molecule has 0 saturated heterocycles. The fourth-order valence-corrected chi connectivity index (χ4v) is 2.60. The molecule has 0 aliphatic rings. The van der Waals surface area contributed by atoms with Crippen LogP contribution in [-0.4, -0.2) is 32.0 Å². The lowest BCUT2D eigenvalue weighted by Gasteiger charge is -2.19. The van der Waals surface area contributed by atoms with E-state index in [9.17, 15) is 4.79 Å². The van der Waals surface area contributed by atoms with Crippen LogP contribution in [0.2, 0.25) is 0 Å². The van der Waals surface area contributed by atoms with E-state index >= 15 is 0 Å². The Labute approximate surface area is 138 Å². The molecule has 0 atom stereocenters. The van der Waals surface area contributed by atoms with Gasteiger partial charge in [0.2, 0.25) is 0 Å². The van der Waals surface area contributed by atoms with Crippen LogP contribution >= 0.6 is 0 Å². The molecule has 1 amide bonds. The van der Waals surface area contributed by atoms with E-state index in [0.717, 1.165) is 18.8 Å². The minimum Gasteiger partial charge on any atom is -0.496 e. The van der Waals surface area contributed by atoms with Crippen molar-refractivity contribution in [3.63, 3.8) is 0 Å². The average Bonchev–Trinajstić information content (AvgIpc) is 2.55. The fourth-order valence-electron chi connectivity index (χ4n) is 2.60. The lowest BCUT2D eigenvalue weighted by Crippen LogP contribution is -2.19. The summed E-state index contributed by atoms with van der Waals surface area (Å²) in [5, 5.41) is 2.63. The number of ether oxygens (including phenoxy) is 1. The lowest BCUT2D eigenvalue weighted by molar-refractivity contribution is 0.0963. The van der Waals surface area contributed by atoms with Crippen molar-refractivity contribution in [2.45, 2.75) is 20.0 Å². The second kappa shape index (κ2) is 7.79. The SMILES string of the molecule is CNC(=O)c1ccc(CN(C)Cc2cc(C)ccc2OC)cc1. The molecule has 0 radical (unpaired) electrons. The molecular formula is C19H24N2O2. The molecule has 2 rings (SSSR count). The van der Waals surface area contributed by atoms with E-state index in [2.05, 4.69) is 36.3 Å². The highest BCUT2D eigenvalue weighted by molar-refractivity contribution is 5.93. The molecule has 0 aromatic heterocycles. The minimum absolute atomic E-state index is 0.0607. The molecule has 2 aromatic carbocycles. The van der Waals surface area contributed by atoms with Gasteiger partial charge in [-0.2, -0.15) is 0 Å². The average molecular weight is 312 g/mol. The van der Waals surface area contributed by atoms with Crippen molar-refractivity contribution in [1.29, 1.82) is 0 Å². The van der Waals surface area contributed by atoms with Crippen LogP contribution in [0, 0.1) is 6.92 Å². The third kappa shape index (κ3) is 4.57. The van der Waals surface area contributed by atoms with Gasteiger partial charge in [0.25, 0.3) is 5.91 Å². The van der Waals surface area contributed by atoms with Crippen LogP contribution in [0.25, 0.3) is 0 Å². The van der Waals surface area contributed by atoms with Crippen LogP contribution in [0.3, 0.4) is 0 Å². The maximum atomic E-state index is 11.6. The molecule has 1 N–H and O–H groups in total. The van der Waals surface area contributed by atoms with Crippen LogP contribution < -0.4 is 10.1 Å². The number of amides is 1. The predicted molar refractivity (Wildman–Crippen MR) is 92.7 cm³/mol. The smallest absolute Gasteiger partial charge is 0.251 e. The lowest BCUT2D eigenvalue weighted by atomic mass is 10.1. The summed E-state index contributed by atoms with van der Waals surface area (Å²) in [6.07, 6.45) is 0. The Bertz CT molecular complexity index is 666. The Morgan fingerprint density at radius 2 is 1.83 bits per heavy atom. The van der Waals surface area contributed by atoms with Crippen LogP contribution in [0.5, 0.6) is 5.75 Å². The maximum absolute atomic E-state index is 11.6. The number of rotatable bonds is 6. The molecule has 0 fully saturated rings. The molecule has 0 aliphatic carbocycles. The van der Waals surface area contributed by atoms with Crippen molar-refractivity contribution in [3.8, 4) is 5.75 Å². The zero-order chi connectivity index (χ0) is 16.8. The van der Waals surface area contributed by atoms with E-state index in [4.69, 9.17) is 4.74 Å². The zero-order valence-corrected chi connectivity index (χ0v) is 14.2. The highest BCUT2D eigenvalue weighted by atomic mass is 16.5. The van der Waals surface area contributed by atoms with Crippen molar-refractivity contribution >= 4 is 5.91 Å². The van der Waals surface area contributed by atoms with Gasteiger partial charge < -0.3 is 10.1 Å². The number of benzene rings is 2. The van der Waals surface area contributed by atoms with E-state index in [1.165, 1.54) is 16.7 Å². The standard InChI is InChI=1S/C19H24N2O2/c1-14-5-10-18(23-4)17(11-14)13-21(3)12-15-6-8-16(9-7-15)19(22)20-2/h5-11H,12-13H2,1-4H3,(H,20,22). The van der Waals surface area contributed by atoms with Crippen molar-refractivity contribution in [1.82, 2.24) is 10.2 Å². The number of methoxy groups -OCH3 is 1. The molecule has 122 valence electrons. The van der Waals surface area contributed by atoms with E-state index < -0.39 is 0 Å². The van der Waals surface area contributed by atoms with Crippen LogP contribution in [0.15, 0.2) is 42.5 Å². The molecule has 0 unspecified atom stereocenters. The van der Waals surface area contributed by atoms with Crippen LogP contribution in [0.4, 0.5) is 0 Å². The van der Waals surface area contributed by atoms with Gasteiger partial charge in [0.1, 0.15) is 5.75 Å². The largest absolute Gasteiger partial charge is 0.496 e. The molecule has 0 heterocycles. The summed E-state index contributed by atoms with van der Waals surface area (Å²) in [4.78, 5) is 13.8. The van der Waals surface area contributed by atoms with E-state index in [-0.39, 0.29) is 5.91 Å². The van der Waals surface area contributed by atoms with Crippen LogP contribution in [-0.2, 0) is 13.1 Å². The van der Waals surface area contributed by atoms with Gasteiger partial charge in [-0.3, -0.25) is 9.69 Å². The predicted octanol–water partition coefficient (Wildman–Crippen LogP) is 3.00. The highest BCUT2D eigenvalue weighted by Crippen LogP contribution is 2.21. The van der Waals surface area contributed by atoms with Crippen LogP contribution in [0.1, 0.15) is 27.0 Å². The zero-order valence-electron chi connectivity index (χ0n) is 14.2. The molecule has 2 aromatic rings. The van der Waals surface area contributed by atoms with Gasteiger partial charge in [-0.05, 0) is 37.7 Å². The number of hydrogen-bond acceptors (Lipinski definition) is 3. The third-order valence-electron chi connectivity index (χ3n) is 3.77. The van der Waals surface area contributed by atoms with E-state index in [0.29, 0.717) is 5.56 Å². The number of carbonyl (C=O) groups excluding carboxylic acids is 1. The fraction of sp³-hybridized carbons (Fsp3) is 0.316. The van der Waals surface area contributed by atoms with Crippen molar-refractivity contribution in [2.75, 3.05) is 21.2 Å². The van der Waals surface area contributed by atoms with Gasteiger partial charge in [-0.25, -0.2) is 0 Å². The third-order valence-corrected chi connectivity index (χ3v) is 3.77. The number of carbonyl (C=O) groups is 1. The first-order chi connectivity index (χ1) is 11.0. The minimum atomic E-state index is -0.0607. The number of nitrogens with one attached hydrogen (secondary N) is 1. The Balaban J connectivity index is 2.03. The molecule has 0 aliphatic heterocycles. The monoisotopic (exact) mass is 312 g/mol. The normalized spacial score (nSPS) is 10.7. The number of aryl methyl sites for hydroxylation is 1. The van der Waals surface area contributed by atoms with Gasteiger partial charge in [-0.1, -0.05) is 29.8 Å².